The van der Waals surface area contributed by atoms with E-state index in [4.69, 9.17) is 5.73 Å². The second-order valence-electron chi connectivity index (χ2n) is 5.00. The van der Waals surface area contributed by atoms with Crippen LogP contribution >= 0.6 is 0 Å². The number of hydrogen-bond donors (Lipinski definition) is 2. The van der Waals surface area contributed by atoms with Gasteiger partial charge in [-0.1, -0.05) is 0 Å². The van der Waals surface area contributed by atoms with Crippen molar-refractivity contribution < 1.29 is 14.0 Å². The standard InChI is InChI=1S/C16H12FN3O2/c1-8-4-10-12(7-20-16(10)19-6-8)14(21)11-5-9(15(18)22)2-3-13(11)17/h2-7H,1H3,(H2,18,22)(H,19,20). The number of amides is 1. The molecule has 0 saturated carbocycles. The minimum Gasteiger partial charge on any atom is -0.366 e. The van der Waals surface area contributed by atoms with Crippen molar-refractivity contribution in [3.05, 3.63) is 64.7 Å². The lowest BCUT2D eigenvalue weighted by atomic mass is 10.00. The monoisotopic (exact) mass is 297 g/mol. The second kappa shape index (κ2) is 5.07. The fourth-order valence-electron chi connectivity index (χ4n) is 2.29. The van der Waals surface area contributed by atoms with Gasteiger partial charge in [-0.3, -0.25) is 9.59 Å². The Labute approximate surface area is 125 Å². The van der Waals surface area contributed by atoms with Gasteiger partial charge < -0.3 is 10.7 Å². The Bertz CT molecular complexity index is 915. The number of benzene rings is 1. The molecule has 3 rings (SSSR count). The summed E-state index contributed by atoms with van der Waals surface area (Å²) in [4.78, 5) is 30.8. The van der Waals surface area contributed by atoms with Crippen LogP contribution in [0.1, 0.15) is 31.8 Å². The zero-order chi connectivity index (χ0) is 15.9. The fraction of sp³-hybridized carbons (Fsp3) is 0.0625. The number of rotatable bonds is 3. The van der Waals surface area contributed by atoms with E-state index in [9.17, 15) is 14.0 Å². The molecule has 0 radical (unpaired) electrons. The first kappa shape index (κ1) is 13.9. The first-order chi connectivity index (χ1) is 10.5. The summed E-state index contributed by atoms with van der Waals surface area (Å²) in [5.74, 6) is -1.95. The third-order valence-electron chi connectivity index (χ3n) is 3.41. The Morgan fingerprint density at radius 2 is 2.00 bits per heavy atom. The van der Waals surface area contributed by atoms with E-state index in [-0.39, 0.29) is 11.1 Å². The third-order valence-corrected chi connectivity index (χ3v) is 3.41. The number of aryl methyl sites for hydroxylation is 1. The summed E-state index contributed by atoms with van der Waals surface area (Å²) in [6.07, 6.45) is 3.15. The summed E-state index contributed by atoms with van der Waals surface area (Å²) in [5.41, 5.74) is 6.78. The highest BCUT2D eigenvalue weighted by molar-refractivity contribution is 6.16. The lowest BCUT2D eigenvalue weighted by Crippen LogP contribution is -2.13. The molecule has 0 aliphatic carbocycles. The van der Waals surface area contributed by atoms with Crippen molar-refractivity contribution in [3.8, 4) is 0 Å². The molecule has 0 aliphatic rings. The molecular formula is C16H12FN3O2. The molecule has 2 aromatic heterocycles. The van der Waals surface area contributed by atoms with Crippen molar-refractivity contribution in [1.29, 1.82) is 0 Å². The minimum atomic E-state index is -0.717. The number of H-pyrrole nitrogens is 1. The van der Waals surface area contributed by atoms with Crippen molar-refractivity contribution >= 4 is 22.7 Å². The number of nitrogens with two attached hydrogens (primary N) is 1. The van der Waals surface area contributed by atoms with Gasteiger partial charge in [0.25, 0.3) is 0 Å². The van der Waals surface area contributed by atoms with Crippen molar-refractivity contribution in [2.45, 2.75) is 6.92 Å². The van der Waals surface area contributed by atoms with Gasteiger partial charge in [-0.25, -0.2) is 9.37 Å². The number of nitrogens with zero attached hydrogens (tertiary/aromatic N) is 1. The van der Waals surface area contributed by atoms with Crippen LogP contribution in [0.25, 0.3) is 11.0 Å². The van der Waals surface area contributed by atoms with Crippen LogP contribution in [0.5, 0.6) is 0 Å². The van der Waals surface area contributed by atoms with E-state index in [0.29, 0.717) is 16.6 Å². The molecule has 110 valence electrons. The van der Waals surface area contributed by atoms with Gasteiger partial charge in [-0.15, -0.1) is 0 Å². The van der Waals surface area contributed by atoms with Gasteiger partial charge in [0.2, 0.25) is 5.91 Å². The number of aromatic amines is 1. The molecule has 0 bridgehead atoms. The Morgan fingerprint density at radius 1 is 1.23 bits per heavy atom. The molecule has 5 nitrogen and oxygen atoms in total. The number of hydrogen-bond acceptors (Lipinski definition) is 3. The maximum Gasteiger partial charge on any atom is 0.248 e. The van der Waals surface area contributed by atoms with E-state index in [1.165, 1.54) is 18.3 Å². The van der Waals surface area contributed by atoms with Gasteiger partial charge in [0.1, 0.15) is 11.5 Å². The van der Waals surface area contributed by atoms with E-state index in [1.807, 2.05) is 6.92 Å². The molecule has 1 aromatic carbocycles. The molecule has 2 heterocycles. The van der Waals surface area contributed by atoms with Gasteiger partial charge in [0, 0.05) is 28.9 Å². The number of halogens is 1. The summed E-state index contributed by atoms with van der Waals surface area (Å²) in [6.45, 7) is 1.85. The quantitative estimate of drug-likeness (QED) is 0.727. The van der Waals surface area contributed by atoms with Crippen LogP contribution in [0.4, 0.5) is 4.39 Å². The lowest BCUT2D eigenvalue weighted by Gasteiger charge is -2.04. The average Bonchev–Trinajstić information content (AvgIpc) is 2.89. The number of primary amides is 1. The Morgan fingerprint density at radius 3 is 2.73 bits per heavy atom. The second-order valence-corrected chi connectivity index (χ2v) is 5.00. The number of pyridine rings is 1. The molecule has 0 aliphatic heterocycles. The van der Waals surface area contributed by atoms with Crippen LogP contribution in [-0.4, -0.2) is 21.7 Å². The first-order valence-corrected chi connectivity index (χ1v) is 6.55. The molecule has 0 atom stereocenters. The van der Waals surface area contributed by atoms with Crippen LogP contribution < -0.4 is 5.73 Å². The number of ketones is 1. The maximum atomic E-state index is 14.0. The van der Waals surface area contributed by atoms with Crippen LogP contribution in [0.3, 0.4) is 0 Å². The summed E-state index contributed by atoms with van der Waals surface area (Å²) in [5, 5.41) is 0.605. The molecule has 3 N–H and O–H groups in total. The van der Waals surface area contributed by atoms with Crippen LogP contribution in [-0.2, 0) is 0 Å². The number of carbonyl (C=O) groups excluding carboxylic acids is 2. The Hall–Kier alpha value is -3.02. The highest BCUT2D eigenvalue weighted by atomic mass is 19.1. The lowest BCUT2D eigenvalue weighted by molar-refractivity contribution is 0.1000. The Balaban J connectivity index is 2.15. The topological polar surface area (TPSA) is 88.8 Å². The Kier molecular flexibility index (Phi) is 3.21. The SMILES string of the molecule is Cc1cnc2[nH]cc(C(=O)c3cc(C(N)=O)ccc3F)c2c1. The van der Waals surface area contributed by atoms with E-state index in [1.54, 1.807) is 12.3 Å². The van der Waals surface area contributed by atoms with Crippen molar-refractivity contribution in [2.75, 3.05) is 0 Å². The molecule has 0 saturated heterocycles. The highest BCUT2D eigenvalue weighted by Gasteiger charge is 2.19. The van der Waals surface area contributed by atoms with Gasteiger partial charge in [-0.2, -0.15) is 0 Å². The third kappa shape index (κ3) is 2.24. The molecule has 22 heavy (non-hydrogen) atoms. The van der Waals surface area contributed by atoms with Crippen LogP contribution in [0, 0.1) is 12.7 Å². The molecule has 0 spiro atoms. The molecular weight excluding hydrogens is 285 g/mol. The van der Waals surface area contributed by atoms with Gasteiger partial charge in [0.05, 0.1) is 5.56 Å². The minimum absolute atomic E-state index is 0.0823. The van der Waals surface area contributed by atoms with E-state index < -0.39 is 17.5 Å². The number of nitrogens with one attached hydrogen (secondary N) is 1. The average molecular weight is 297 g/mol. The van der Waals surface area contributed by atoms with Gasteiger partial charge in [-0.05, 0) is 36.8 Å². The predicted molar refractivity (Wildman–Crippen MR) is 79.2 cm³/mol. The van der Waals surface area contributed by atoms with Gasteiger partial charge in [0.15, 0.2) is 5.78 Å². The molecule has 0 fully saturated rings. The van der Waals surface area contributed by atoms with Gasteiger partial charge >= 0.3 is 0 Å². The van der Waals surface area contributed by atoms with Crippen molar-refractivity contribution in [1.82, 2.24) is 9.97 Å². The van der Waals surface area contributed by atoms with E-state index >= 15 is 0 Å². The van der Waals surface area contributed by atoms with Crippen LogP contribution in [0.2, 0.25) is 0 Å². The zero-order valence-electron chi connectivity index (χ0n) is 11.7. The highest BCUT2D eigenvalue weighted by Crippen LogP contribution is 2.22. The molecule has 6 heteroatoms. The number of aromatic nitrogens is 2. The predicted octanol–water partition coefficient (Wildman–Crippen LogP) is 2.34. The summed E-state index contributed by atoms with van der Waals surface area (Å²) >= 11 is 0. The van der Waals surface area contributed by atoms with Crippen molar-refractivity contribution in [2.24, 2.45) is 5.73 Å². The largest absolute Gasteiger partial charge is 0.366 e. The normalized spacial score (nSPS) is 10.8. The zero-order valence-corrected chi connectivity index (χ0v) is 11.7. The fourth-order valence-corrected chi connectivity index (χ4v) is 2.29. The molecule has 0 unspecified atom stereocenters. The summed E-state index contributed by atoms with van der Waals surface area (Å²) < 4.78 is 14.0. The summed E-state index contributed by atoms with van der Waals surface area (Å²) in [7, 11) is 0. The number of carbonyl (C=O) groups is 2. The maximum absolute atomic E-state index is 14.0. The van der Waals surface area contributed by atoms with E-state index in [2.05, 4.69) is 9.97 Å². The van der Waals surface area contributed by atoms with Crippen molar-refractivity contribution in [3.63, 3.8) is 0 Å². The van der Waals surface area contributed by atoms with Crippen LogP contribution in [0.15, 0.2) is 36.7 Å². The first-order valence-electron chi connectivity index (χ1n) is 6.55. The smallest absolute Gasteiger partial charge is 0.248 e. The molecule has 1 amide bonds. The van der Waals surface area contributed by atoms with E-state index in [0.717, 1.165) is 11.6 Å². The number of fused-ring (bicyclic) bond motifs is 1. The summed E-state index contributed by atoms with van der Waals surface area (Å²) in [6, 6.07) is 5.27. The molecule has 3 aromatic rings.